The third kappa shape index (κ3) is 5.92. The molecule has 1 fully saturated rings. The summed E-state index contributed by atoms with van der Waals surface area (Å²) >= 11 is 6.51. The number of piperazine rings is 1. The summed E-state index contributed by atoms with van der Waals surface area (Å²) in [6.07, 6.45) is 2.96. The van der Waals surface area contributed by atoms with Gasteiger partial charge in [0, 0.05) is 43.7 Å². The molecule has 0 bridgehead atoms. The van der Waals surface area contributed by atoms with Gasteiger partial charge < -0.3 is 19.5 Å². The number of para-hydroxylation sites is 1. The molecular formula is C27H27ClFN3O3. The van der Waals surface area contributed by atoms with Crippen LogP contribution < -0.4 is 10.2 Å². The van der Waals surface area contributed by atoms with E-state index in [-0.39, 0.29) is 23.5 Å². The zero-order valence-electron chi connectivity index (χ0n) is 19.6. The van der Waals surface area contributed by atoms with Crippen LogP contribution in [0, 0.1) is 11.7 Å². The van der Waals surface area contributed by atoms with Crippen molar-refractivity contribution in [3.63, 3.8) is 0 Å². The van der Waals surface area contributed by atoms with Crippen LogP contribution in [0.5, 0.6) is 0 Å². The third-order valence-corrected chi connectivity index (χ3v) is 6.11. The molecule has 8 heteroatoms. The largest absolute Gasteiger partial charge is 0.457 e. The molecule has 6 nitrogen and oxygen atoms in total. The standard InChI is InChI=1S/C27H27ClFN3O3/c1-18(2)27(34)32-16-14-31(15-17-32)26-22(28)4-3-5-23(26)30-25(33)13-11-21-10-12-24(35-21)19-6-8-20(29)9-7-19/h3-13,18H,14-17H2,1-2H3,(H,30,33)/b13-11+. The van der Waals surface area contributed by atoms with Crippen molar-refractivity contribution in [2.24, 2.45) is 5.92 Å². The molecule has 182 valence electrons. The van der Waals surface area contributed by atoms with E-state index in [1.165, 1.54) is 18.2 Å². The number of furan rings is 1. The molecule has 1 aliphatic rings. The first-order valence-electron chi connectivity index (χ1n) is 11.5. The van der Waals surface area contributed by atoms with Crippen LogP contribution in [-0.2, 0) is 9.59 Å². The number of nitrogens with zero attached hydrogens (tertiary/aromatic N) is 2. The molecule has 2 amide bonds. The highest BCUT2D eigenvalue weighted by atomic mass is 35.5. The van der Waals surface area contributed by atoms with Crippen molar-refractivity contribution in [2.45, 2.75) is 13.8 Å². The molecule has 1 N–H and O–H groups in total. The molecule has 0 aliphatic carbocycles. The van der Waals surface area contributed by atoms with E-state index in [1.54, 1.807) is 48.5 Å². The van der Waals surface area contributed by atoms with E-state index in [1.807, 2.05) is 18.7 Å². The van der Waals surface area contributed by atoms with Crippen molar-refractivity contribution in [3.8, 4) is 11.3 Å². The van der Waals surface area contributed by atoms with Gasteiger partial charge in [-0.25, -0.2) is 4.39 Å². The van der Waals surface area contributed by atoms with E-state index in [0.717, 1.165) is 11.3 Å². The highest BCUT2D eigenvalue weighted by Gasteiger charge is 2.25. The Labute approximate surface area is 209 Å². The number of benzene rings is 2. The summed E-state index contributed by atoms with van der Waals surface area (Å²) in [7, 11) is 0. The molecule has 3 aromatic rings. The van der Waals surface area contributed by atoms with Gasteiger partial charge in [0.15, 0.2) is 0 Å². The first-order chi connectivity index (χ1) is 16.8. The molecule has 0 radical (unpaired) electrons. The topological polar surface area (TPSA) is 65.8 Å². The van der Waals surface area contributed by atoms with E-state index in [4.69, 9.17) is 16.0 Å². The van der Waals surface area contributed by atoms with Gasteiger partial charge in [0.1, 0.15) is 17.3 Å². The van der Waals surface area contributed by atoms with Gasteiger partial charge in [-0.2, -0.15) is 0 Å². The lowest BCUT2D eigenvalue weighted by molar-refractivity contribution is -0.134. The lowest BCUT2D eigenvalue weighted by atomic mass is 10.1. The van der Waals surface area contributed by atoms with E-state index in [2.05, 4.69) is 10.2 Å². The lowest BCUT2D eigenvalue weighted by Gasteiger charge is -2.38. The van der Waals surface area contributed by atoms with Crippen molar-refractivity contribution >= 4 is 40.9 Å². The minimum Gasteiger partial charge on any atom is -0.457 e. The van der Waals surface area contributed by atoms with Crippen LogP contribution in [0.1, 0.15) is 19.6 Å². The number of rotatable bonds is 6. The molecule has 1 aromatic heterocycles. The zero-order chi connectivity index (χ0) is 24.9. The number of carbonyl (C=O) groups is 2. The predicted molar refractivity (Wildman–Crippen MR) is 137 cm³/mol. The van der Waals surface area contributed by atoms with Gasteiger partial charge in [-0.3, -0.25) is 9.59 Å². The monoisotopic (exact) mass is 495 g/mol. The highest BCUT2D eigenvalue weighted by molar-refractivity contribution is 6.34. The Morgan fingerprint density at radius 1 is 1.03 bits per heavy atom. The summed E-state index contributed by atoms with van der Waals surface area (Å²) in [5.74, 6) is 0.534. The van der Waals surface area contributed by atoms with Gasteiger partial charge in [-0.15, -0.1) is 0 Å². The summed E-state index contributed by atoms with van der Waals surface area (Å²) < 4.78 is 18.9. The Morgan fingerprint density at radius 2 is 1.74 bits per heavy atom. The summed E-state index contributed by atoms with van der Waals surface area (Å²) in [5.41, 5.74) is 2.08. The molecule has 4 rings (SSSR count). The number of amides is 2. The fourth-order valence-corrected chi connectivity index (χ4v) is 4.29. The van der Waals surface area contributed by atoms with Crippen molar-refractivity contribution in [2.75, 3.05) is 36.4 Å². The third-order valence-electron chi connectivity index (χ3n) is 5.80. The summed E-state index contributed by atoms with van der Waals surface area (Å²) in [4.78, 5) is 28.9. The Bertz CT molecular complexity index is 1230. The maximum absolute atomic E-state index is 13.1. The van der Waals surface area contributed by atoms with Gasteiger partial charge in [-0.05, 0) is 54.6 Å². The van der Waals surface area contributed by atoms with Crippen LogP contribution in [0.4, 0.5) is 15.8 Å². The van der Waals surface area contributed by atoms with Crippen molar-refractivity contribution in [1.29, 1.82) is 0 Å². The number of carbonyl (C=O) groups excluding carboxylic acids is 2. The number of nitrogens with one attached hydrogen (secondary N) is 1. The maximum Gasteiger partial charge on any atom is 0.248 e. The van der Waals surface area contributed by atoms with E-state index in [9.17, 15) is 14.0 Å². The fraction of sp³-hybridized carbons (Fsp3) is 0.259. The van der Waals surface area contributed by atoms with Crippen LogP contribution in [-0.4, -0.2) is 42.9 Å². The Kier molecular flexibility index (Phi) is 7.56. The smallest absolute Gasteiger partial charge is 0.248 e. The van der Waals surface area contributed by atoms with E-state index >= 15 is 0 Å². The Hall–Kier alpha value is -3.58. The lowest BCUT2D eigenvalue weighted by Crippen LogP contribution is -2.50. The van der Waals surface area contributed by atoms with Gasteiger partial charge in [0.05, 0.1) is 16.4 Å². The van der Waals surface area contributed by atoms with Crippen LogP contribution in [0.3, 0.4) is 0 Å². The fourth-order valence-electron chi connectivity index (χ4n) is 4.00. The average Bonchev–Trinajstić information content (AvgIpc) is 3.32. The molecule has 0 unspecified atom stereocenters. The van der Waals surface area contributed by atoms with Gasteiger partial charge in [0.2, 0.25) is 11.8 Å². The number of halogens is 2. The number of anilines is 2. The van der Waals surface area contributed by atoms with Crippen LogP contribution in [0.15, 0.2) is 65.1 Å². The highest BCUT2D eigenvalue weighted by Crippen LogP contribution is 2.35. The number of hydrogen-bond donors (Lipinski definition) is 1. The molecule has 1 aliphatic heterocycles. The van der Waals surface area contributed by atoms with Crippen LogP contribution in [0.2, 0.25) is 5.02 Å². The Balaban J connectivity index is 1.42. The van der Waals surface area contributed by atoms with Gasteiger partial charge in [0.25, 0.3) is 0 Å². The molecule has 35 heavy (non-hydrogen) atoms. The van der Waals surface area contributed by atoms with Crippen LogP contribution in [0.25, 0.3) is 17.4 Å². The summed E-state index contributed by atoms with van der Waals surface area (Å²) in [6.45, 7) is 6.25. The molecule has 2 heterocycles. The predicted octanol–water partition coefficient (Wildman–Crippen LogP) is 5.70. The molecule has 2 aromatic carbocycles. The Morgan fingerprint density at radius 3 is 2.43 bits per heavy atom. The molecule has 0 saturated carbocycles. The second kappa shape index (κ2) is 10.8. The van der Waals surface area contributed by atoms with Gasteiger partial charge >= 0.3 is 0 Å². The number of hydrogen-bond acceptors (Lipinski definition) is 4. The van der Waals surface area contributed by atoms with Crippen LogP contribution >= 0.6 is 11.6 Å². The normalized spacial score (nSPS) is 14.1. The molecule has 0 atom stereocenters. The zero-order valence-corrected chi connectivity index (χ0v) is 20.4. The minimum absolute atomic E-state index is 0.0376. The SMILES string of the molecule is CC(C)C(=O)N1CCN(c2c(Cl)cccc2NC(=O)/C=C/c2ccc(-c3ccc(F)cc3)o2)CC1. The van der Waals surface area contributed by atoms with Crippen molar-refractivity contribution < 1.29 is 18.4 Å². The summed E-state index contributed by atoms with van der Waals surface area (Å²) in [6, 6.07) is 14.9. The molecular weight excluding hydrogens is 469 g/mol. The minimum atomic E-state index is -0.332. The van der Waals surface area contributed by atoms with Crippen molar-refractivity contribution in [1.82, 2.24) is 4.90 Å². The maximum atomic E-state index is 13.1. The van der Waals surface area contributed by atoms with E-state index < -0.39 is 0 Å². The first kappa shape index (κ1) is 24.5. The second-order valence-corrected chi connectivity index (χ2v) is 9.04. The van der Waals surface area contributed by atoms with E-state index in [0.29, 0.717) is 48.4 Å². The summed E-state index contributed by atoms with van der Waals surface area (Å²) in [5, 5.41) is 3.43. The van der Waals surface area contributed by atoms with Gasteiger partial charge in [-0.1, -0.05) is 31.5 Å². The quantitative estimate of drug-likeness (QED) is 0.446. The second-order valence-electron chi connectivity index (χ2n) is 8.63. The average molecular weight is 496 g/mol. The first-order valence-corrected chi connectivity index (χ1v) is 11.9. The molecule has 1 saturated heterocycles. The molecule has 0 spiro atoms. The van der Waals surface area contributed by atoms with Crippen molar-refractivity contribution in [3.05, 3.63) is 77.3 Å².